The number of aliphatic hydroxyl groups excluding tert-OH is 1. The van der Waals surface area contributed by atoms with E-state index < -0.39 is 136 Å². The second-order valence-electron chi connectivity index (χ2n) is 18.9. The number of amides is 4. The minimum Gasteiger partial charge on any atom is -0.507 e. The number of aromatic hydroxyl groups is 2. The molecule has 2 aromatic carbocycles. The van der Waals surface area contributed by atoms with Crippen molar-refractivity contribution in [1.82, 2.24) is 14.9 Å². The molecule has 0 radical (unpaired) electrons. The van der Waals surface area contributed by atoms with E-state index in [-0.39, 0.29) is 91.2 Å². The van der Waals surface area contributed by atoms with Crippen LogP contribution in [0.2, 0.25) is 0 Å². The largest absolute Gasteiger partial charge is 0.507 e. The molecule has 2 aromatic rings. The zero-order valence-electron chi connectivity index (χ0n) is 37.7. The van der Waals surface area contributed by atoms with E-state index in [4.69, 9.17) is 28.5 Å². The van der Waals surface area contributed by atoms with Crippen LogP contribution >= 0.6 is 11.8 Å². The van der Waals surface area contributed by atoms with Crippen LogP contribution in [0.25, 0.3) is 0 Å². The lowest BCUT2D eigenvalue weighted by molar-refractivity contribution is -0.247. The van der Waals surface area contributed by atoms with E-state index in [9.17, 15) is 58.8 Å². The first-order valence-corrected chi connectivity index (χ1v) is 24.1. The number of Topliss-reactive ketones (excluding diaryl/α,β-unsaturated/α-hetero) is 1. The van der Waals surface area contributed by atoms with Crippen molar-refractivity contribution >= 4 is 58.7 Å². The maximum absolute atomic E-state index is 14.2. The summed E-state index contributed by atoms with van der Waals surface area (Å²) in [6.45, 7) is 1.26. The third-order valence-electron chi connectivity index (χ3n) is 14.9. The fourth-order valence-corrected chi connectivity index (χ4v) is 12.9. The molecule has 3 aliphatic carbocycles. The zero-order valence-corrected chi connectivity index (χ0v) is 38.5. The number of phenolic OH excluding ortho intramolecular Hbond substituents is 2. The SMILES string of the molecule is COc1cccc2c1C(=O)c1c(O)c3c(c(O)c1C2=O)C[C@@](O)(C(=O)CO)C[C@@H]3O[C@H]1C[C@H]2[C@H](O[C@@H]3COCC(SC4CC(=O)N(CC5CCC(C(=O)ON6C(=O)CCC6=O)CC5)C4=O)N32)[C@H](C)O1. The Hall–Kier alpha value is -5.33. The average molecular weight is 978 g/mol. The number of rotatable bonds is 11. The Bertz CT molecular complexity index is 2550. The molecular weight excluding hydrogens is 927 g/mol. The van der Waals surface area contributed by atoms with Gasteiger partial charge in [0.05, 0.1) is 65.8 Å². The van der Waals surface area contributed by atoms with Gasteiger partial charge in [-0.2, -0.15) is 0 Å². The molecule has 2 unspecified atom stereocenters. The Morgan fingerprint density at radius 1 is 0.913 bits per heavy atom. The summed E-state index contributed by atoms with van der Waals surface area (Å²) >= 11 is 1.29. The lowest BCUT2D eigenvalue weighted by Crippen LogP contribution is -2.56. The molecule has 10 rings (SSSR count). The summed E-state index contributed by atoms with van der Waals surface area (Å²) in [5.41, 5.74) is -3.92. The molecule has 0 spiro atoms. The molecule has 0 bridgehead atoms. The van der Waals surface area contributed by atoms with Crippen LogP contribution in [0.1, 0.15) is 114 Å². The number of nitrogens with zero attached hydrogens (tertiary/aromatic N) is 3. The number of imide groups is 2. The van der Waals surface area contributed by atoms with E-state index in [1.165, 1.54) is 42.0 Å². The number of hydrogen-bond acceptors (Lipinski definition) is 20. The Kier molecular flexibility index (Phi) is 12.4. The normalized spacial score (nSPS) is 33.2. The van der Waals surface area contributed by atoms with Crippen molar-refractivity contribution in [2.75, 3.05) is 33.5 Å². The van der Waals surface area contributed by atoms with Gasteiger partial charge in [-0.3, -0.25) is 43.4 Å². The van der Waals surface area contributed by atoms with Crippen molar-refractivity contribution < 1.29 is 87.3 Å². The van der Waals surface area contributed by atoms with Gasteiger partial charge in [-0.05, 0) is 44.6 Å². The van der Waals surface area contributed by atoms with Crippen LogP contribution in [0.5, 0.6) is 17.2 Å². The number of carbonyl (C=O) groups excluding carboxylic acids is 8. The van der Waals surface area contributed by atoms with Gasteiger partial charge in [0, 0.05) is 67.8 Å². The van der Waals surface area contributed by atoms with Crippen molar-refractivity contribution in [2.45, 2.75) is 124 Å². The number of carbonyl (C=O) groups is 8. The van der Waals surface area contributed by atoms with E-state index in [2.05, 4.69) is 4.90 Å². The fourth-order valence-electron chi connectivity index (χ4n) is 11.4. The van der Waals surface area contributed by atoms with E-state index in [0.717, 1.165) is 0 Å². The predicted octanol–water partition coefficient (Wildman–Crippen LogP) is 1.34. The zero-order chi connectivity index (χ0) is 48.8. The molecule has 69 heavy (non-hydrogen) atoms. The van der Waals surface area contributed by atoms with Crippen molar-refractivity contribution in [1.29, 1.82) is 0 Å². The minimum atomic E-state index is -2.34. The van der Waals surface area contributed by atoms with Crippen LogP contribution < -0.4 is 4.74 Å². The molecular formula is C47H51N3O18S. The molecule has 368 valence electrons. The number of thioether (sulfide) groups is 1. The fraction of sp³-hybridized carbons (Fsp3) is 0.574. The molecule has 4 N–H and O–H groups in total. The van der Waals surface area contributed by atoms with Crippen LogP contribution in [0.4, 0.5) is 0 Å². The van der Waals surface area contributed by atoms with Crippen LogP contribution in [0, 0.1) is 11.8 Å². The smallest absolute Gasteiger partial charge is 0.336 e. The van der Waals surface area contributed by atoms with Crippen LogP contribution in [-0.4, -0.2) is 163 Å². The summed E-state index contributed by atoms with van der Waals surface area (Å²) < 4.78 is 30.7. The highest BCUT2D eigenvalue weighted by atomic mass is 32.2. The molecule has 6 fully saturated rings. The summed E-state index contributed by atoms with van der Waals surface area (Å²) in [4.78, 5) is 114. The number of hydrogen-bond donors (Lipinski definition) is 4. The quantitative estimate of drug-likeness (QED) is 0.156. The molecule has 9 atom stereocenters. The van der Waals surface area contributed by atoms with Crippen molar-refractivity contribution in [2.24, 2.45) is 11.8 Å². The van der Waals surface area contributed by atoms with Gasteiger partial charge >= 0.3 is 5.97 Å². The van der Waals surface area contributed by atoms with Gasteiger partial charge in [-0.15, -0.1) is 16.8 Å². The van der Waals surface area contributed by atoms with Gasteiger partial charge < -0.3 is 48.9 Å². The van der Waals surface area contributed by atoms with E-state index in [1.54, 1.807) is 6.92 Å². The van der Waals surface area contributed by atoms with Crippen molar-refractivity contribution in [3.8, 4) is 17.2 Å². The first-order valence-electron chi connectivity index (χ1n) is 23.1. The second kappa shape index (κ2) is 18.1. The van der Waals surface area contributed by atoms with Gasteiger partial charge in [-0.1, -0.05) is 12.1 Å². The topological polar surface area (TPSA) is 283 Å². The lowest BCUT2D eigenvalue weighted by Gasteiger charge is -2.44. The summed E-state index contributed by atoms with van der Waals surface area (Å²) in [5, 5.41) is 44.9. The molecule has 21 nitrogen and oxygen atoms in total. The van der Waals surface area contributed by atoms with Gasteiger partial charge in [0.25, 0.3) is 11.8 Å². The molecule has 1 saturated carbocycles. The van der Waals surface area contributed by atoms with Crippen LogP contribution in [-0.2, 0) is 59.0 Å². The van der Waals surface area contributed by atoms with Crippen LogP contribution in [0.3, 0.4) is 0 Å². The Balaban J connectivity index is 0.847. The lowest BCUT2D eigenvalue weighted by atomic mass is 9.72. The van der Waals surface area contributed by atoms with Crippen molar-refractivity contribution in [3.05, 3.63) is 51.6 Å². The van der Waals surface area contributed by atoms with Gasteiger partial charge in [0.1, 0.15) is 41.8 Å². The number of fused-ring (bicyclic) bond motifs is 6. The standard InChI is InChI=1S/C47H51N3O18S/c1-20-44-25(49-33(67-44)18-64-19-34(49)69-28-13-32(55)48(45(28)60)16-21-6-8-22(9-7-21)46(61)68-50-30(53)10-11-31(50)54)12-35(65-20)66-27-15-47(62,29(52)17-51)14-24-37(27)43(59)39-38(41(24)57)40(56)23-4-3-5-26(63-2)36(23)42(39)58/h3-5,20-22,25,27-28,33-35,44,51,57,59,62H,6-19H2,1-2H3/t20-,21?,22?,25-,27-,28?,33+,34?,35-,44+,47-/m0/s1. The maximum Gasteiger partial charge on any atom is 0.336 e. The number of methoxy groups -OCH3 is 1. The number of ether oxygens (including phenoxy) is 5. The first-order chi connectivity index (χ1) is 33.0. The molecule has 0 aromatic heterocycles. The highest BCUT2D eigenvalue weighted by Crippen LogP contribution is 2.53. The summed E-state index contributed by atoms with van der Waals surface area (Å²) in [6, 6.07) is 3.93. The summed E-state index contributed by atoms with van der Waals surface area (Å²) in [6.07, 6.45) is -3.49. The molecule has 22 heteroatoms. The molecule has 5 heterocycles. The third-order valence-corrected chi connectivity index (χ3v) is 16.3. The van der Waals surface area contributed by atoms with Crippen LogP contribution in [0.15, 0.2) is 18.2 Å². The summed E-state index contributed by atoms with van der Waals surface area (Å²) in [7, 11) is 1.32. The second-order valence-corrected chi connectivity index (χ2v) is 20.3. The first kappa shape index (κ1) is 47.4. The molecule has 5 saturated heterocycles. The minimum absolute atomic E-state index is 0.00503. The monoisotopic (exact) mass is 977 g/mol. The highest BCUT2D eigenvalue weighted by Gasteiger charge is 2.56. The van der Waals surface area contributed by atoms with Gasteiger partial charge in [0.15, 0.2) is 17.9 Å². The average Bonchev–Trinajstić information content (AvgIpc) is 3.96. The molecule has 5 aliphatic heterocycles. The predicted molar refractivity (Wildman–Crippen MR) is 232 cm³/mol. The van der Waals surface area contributed by atoms with Gasteiger partial charge in [0.2, 0.25) is 17.6 Å². The van der Waals surface area contributed by atoms with E-state index in [0.29, 0.717) is 30.7 Å². The van der Waals surface area contributed by atoms with E-state index in [1.807, 2.05) is 0 Å². The number of benzene rings is 2. The number of morpholine rings is 1. The summed E-state index contributed by atoms with van der Waals surface area (Å²) in [5.74, 6) is -6.98. The molecule has 4 amide bonds. The number of hydroxylamine groups is 2. The van der Waals surface area contributed by atoms with Gasteiger partial charge in [-0.25, -0.2) is 4.79 Å². The Morgan fingerprint density at radius 2 is 1.64 bits per heavy atom. The van der Waals surface area contributed by atoms with Crippen molar-refractivity contribution in [3.63, 3.8) is 0 Å². The Labute approximate surface area is 398 Å². The number of ketones is 3. The number of aliphatic hydroxyl groups is 2. The van der Waals surface area contributed by atoms with E-state index >= 15 is 0 Å². The Morgan fingerprint density at radius 3 is 2.35 bits per heavy atom. The maximum atomic E-state index is 14.2. The third kappa shape index (κ3) is 8.01. The number of likely N-dealkylation sites (tertiary alicyclic amines) is 1. The number of phenols is 2. The molecule has 8 aliphatic rings. The highest BCUT2D eigenvalue weighted by molar-refractivity contribution is 8.01.